The number of para-hydroxylation sites is 2. The second-order valence-electron chi connectivity index (χ2n) is 5.13. The number of benzene rings is 2. The number of hydrogen-bond donors (Lipinski definition) is 2. The van der Waals surface area contributed by atoms with Crippen molar-refractivity contribution in [1.29, 1.82) is 0 Å². The van der Waals surface area contributed by atoms with E-state index in [4.69, 9.17) is 9.47 Å². The third-order valence-electron chi connectivity index (χ3n) is 3.58. The molecule has 2 aromatic carbocycles. The monoisotopic (exact) mass is 455 g/mol. The molecule has 6 heteroatoms. The molecule has 0 aliphatic carbocycles. The molecule has 5 nitrogen and oxygen atoms in total. The van der Waals surface area contributed by atoms with Crippen LogP contribution in [0.15, 0.2) is 53.5 Å². The van der Waals surface area contributed by atoms with Gasteiger partial charge in [-0.3, -0.25) is 4.99 Å². The number of methoxy groups -OCH3 is 1. The fourth-order valence-electron chi connectivity index (χ4n) is 2.37. The van der Waals surface area contributed by atoms with Crippen LogP contribution in [-0.4, -0.2) is 26.7 Å². The van der Waals surface area contributed by atoms with E-state index in [1.807, 2.05) is 55.5 Å². The van der Waals surface area contributed by atoms with E-state index in [1.165, 1.54) is 0 Å². The van der Waals surface area contributed by atoms with Crippen LogP contribution >= 0.6 is 24.0 Å². The molecule has 0 radical (unpaired) electrons. The van der Waals surface area contributed by atoms with Gasteiger partial charge in [0.15, 0.2) is 5.96 Å². The maximum atomic E-state index is 5.65. The fourth-order valence-corrected chi connectivity index (χ4v) is 2.37. The first-order chi connectivity index (χ1) is 11.8. The molecule has 25 heavy (non-hydrogen) atoms. The van der Waals surface area contributed by atoms with Gasteiger partial charge in [0, 0.05) is 31.3 Å². The second-order valence-corrected chi connectivity index (χ2v) is 5.13. The normalized spacial score (nSPS) is 10.6. The van der Waals surface area contributed by atoms with E-state index in [0.717, 1.165) is 28.6 Å². The van der Waals surface area contributed by atoms with Gasteiger partial charge in [-0.05, 0) is 19.1 Å². The van der Waals surface area contributed by atoms with Crippen molar-refractivity contribution in [3.05, 3.63) is 59.7 Å². The van der Waals surface area contributed by atoms with Crippen molar-refractivity contribution < 1.29 is 9.47 Å². The Hall–Kier alpha value is -1.96. The van der Waals surface area contributed by atoms with Crippen molar-refractivity contribution in [2.24, 2.45) is 4.99 Å². The molecular formula is C19H26IN3O2. The van der Waals surface area contributed by atoms with E-state index < -0.39 is 0 Å². The van der Waals surface area contributed by atoms with Gasteiger partial charge in [-0.25, -0.2) is 0 Å². The van der Waals surface area contributed by atoms with Gasteiger partial charge < -0.3 is 20.1 Å². The van der Waals surface area contributed by atoms with Gasteiger partial charge in [0.25, 0.3) is 0 Å². The maximum Gasteiger partial charge on any atom is 0.191 e. The first kappa shape index (κ1) is 21.1. The molecule has 0 aliphatic heterocycles. The predicted octanol–water partition coefficient (Wildman–Crippen LogP) is 3.58. The Morgan fingerprint density at radius 3 is 1.96 bits per heavy atom. The molecule has 136 valence electrons. The lowest BCUT2D eigenvalue weighted by molar-refractivity contribution is 0.336. The van der Waals surface area contributed by atoms with E-state index in [-0.39, 0.29) is 24.0 Å². The molecule has 0 amide bonds. The van der Waals surface area contributed by atoms with E-state index in [1.54, 1.807) is 14.2 Å². The summed E-state index contributed by atoms with van der Waals surface area (Å²) >= 11 is 0. The lowest BCUT2D eigenvalue weighted by Gasteiger charge is -2.15. The van der Waals surface area contributed by atoms with Crippen LogP contribution in [0.5, 0.6) is 11.5 Å². The van der Waals surface area contributed by atoms with Crippen LogP contribution in [0.1, 0.15) is 18.1 Å². The average Bonchev–Trinajstić information content (AvgIpc) is 2.63. The quantitative estimate of drug-likeness (QED) is 0.381. The highest BCUT2D eigenvalue weighted by atomic mass is 127. The SMILES string of the molecule is CCOc1ccccc1CNC(=NC)NCc1ccccc1OC.I. The number of nitrogens with zero attached hydrogens (tertiary/aromatic N) is 1. The summed E-state index contributed by atoms with van der Waals surface area (Å²) in [6.07, 6.45) is 0. The molecule has 0 spiro atoms. The van der Waals surface area contributed by atoms with Gasteiger partial charge in [-0.2, -0.15) is 0 Å². The molecule has 0 heterocycles. The number of hydrogen-bond acceptors (Lipinski definition) is 3. The lowest BCUT2D eigenvalue weighted by atomic mass is 10.2. The summed E-state index contributed by atoms with van der Waals surface area (Å²) in [7, 11) is 3.43. The van der Waals surface area contributed by atoms with E-state index in [2.05, 4.69) is 15.6 Å². The zero-order chi connectivity index (χ0) is 17.2. The highest BCUT2D eigenvalue weighted by Crippen LogP contribution is 2.18. The third-order valence-corrected chi connectivity index (χ3v) is 3.58. The van der Waals surface area contributed by atoms with Crippen molar-refractivity contribution >= 4 is 29.9 Å². The van der Waals surface area contributed by atoms with Gasteiger partial charge in [0.05, 0.1) is 13.7 Å². The summed E-state index contributed by atoms with van der Waals surface area (Å²) < 4.78 is 11.0. The number of guanidine groups is 1. The first-order valence-electron chi connectivity index (χ1n) is 8.05. The molecule has 0 aliphatic rings. The average molecular weight is 455 g/mol. The van der Waals surface area contributed by atoms with Gasteiger partial charge in [0.2, 0.25) is 0 Å². The number of aliphatic imine (C=N–C) groups is 1. The number of ether oxygens (including phenoxy) is 2. The largest absolute Gasteiger partial charge is 0.496 e. The second kappa shape index (κ2) is 11.6. The molecule has 2 aromatic rings. The summed E-state index contributed by atoms with van der Waals surface area (Å²) in [5.74, 6) is 2.49. The van der Waals surface area contributed by atoms with Crippen molar-refractivity contribution in [3.8, 4) is 11.5 Å². The van der Waals surface area contributed by atoms with Crippen LogP contribution in [-0.2, 0) is 13.1 Å². The Kier molecular flexibility index (Phi) is 9.76. The van der Waals surface area contributed by atoms with Crippen LogP contribution in [0.3, 0.4) is 0 Å². The smallest absolute Gasteiger partial charge is 0.191 e. The zero-order valence-electron chi connectivity index (χ0n) is 14.9. The Bertz CT molecular complexity index is 677. The summed E-state index contributed by atoms with van der Waals surface area (Å²) in [5.41, 5.74) is 2.18. The highest BCUT2D eigenvalue weighted by Gasteiger charge is 2.06. The maximum absolute atomic E-state index is 5.65. The molecule has 0 bridgehead atoms. The number of nitrogens with one attached hydrogen (secondary N) is 2. The summed E-state index contributed by atoms with van der Waals surface area (Å²) in [5, 5.41) is 6.61. The molecule has 2 rings (SSSR count). The van der Waals surface area contributed by atoms with Crippen LogP contribution in [0.4, 0.5) is 0 Å². The van der Waals surface area contributed by atoms with Gasteiger partial charge in [-0.1, -0.05) is 36.4 Å². The van der Waals surface area contributed by atoms with Crippen LogP contribution < -0.4 is 20.1 Å². The van der Waals surface area contributed by atoms with E-state index in [0.29, 0.717) is 19.7 Å². The van der Waals surface area contributed by atoms with Crippen LogP contribution in [0, 0.1) is 0 Å². The molecule has 0 atom stereocenters. The Morgan fingerprint density at radius 1 is 0.920 bits per heavy atom. The fraction of sp³-hybridized carbons (Fsp3) is 0.316. The molecule has 0 unspecified atom stereocenters. The highest BCUT2D eigenvalue weighted by molar-refractivity contribution is 14.0. The van der Waals surface area contributed by atoms with Crippen LogP contribution in [0.25, 0.3) is 0 Å². The standard InChI is InChI=1S/C19H25N3O2.HI/c1-4-24-18-12-8-6-10-16(18)14-22-19(20-2)21-13-15-9-5-7-11-17(15)23-3;/h5-12H,4,13-14H2,1-3H3,(H2,20,21,22);1H. The van der Waals surface area contributed by atoms with Gasteiger partial charge in [0.1, 0.15) is 11.5 Å². The molecule has 2 N–H and O–H groups in total. The summed E-state index contributed by atoms with van der Waals surface area (Å²) in [6, 6.07) is 15.9. The van der Waals surface area contributed by atoms with Crippen molar-refractivity contribution in [2.45, 2.75) is 20.0 Å². The molecule has 0 aromatic heterocycles. The summed E-state index contributed by atoms with van der Waals surface area (Å²) in [6.45, 7) is 3.91. The predicted molar refractivity (Wildman–Crippen MR) is 113 cm³/mol. The first-order valence-corrected chi connectivity index (χ1v) is 8.05. The van der Waals surface area contributed by atoms with Crippen molar-refractivity contribution in [1.82, 2.24) is 10.6 Å². The number of halogens is 1. The van der Waals surface area contributed by atoms with E-state index in [9.17, 15) is 0 Å². The Morgan fingerprint density at radius 2 is 1.44 bits per heavy atom. The van der Waals surface area contributed by atoms with Crippen molar-refractivity contribution in [2.75, 3.05) is 20.8 Å². The number of rotatable bonds is 7. The molecule has 0 saturated heterocycles. The third kappa shape index (κ3) is 6.45. The minimum Gasteiger partial charge on any atom is -0.496 e. The van der Waals surface area contributed by atoms with Crippen molar-refractivity contribution in [3.63, 3.8) is 0 Å². The molecular weight excluding hydrogens is 429 g/mol. The van der Waals surface area contributed by atoms with Crippen LogP contribution in [0.2, 0.25) is 0 Å². The van der Waals surface area contributed by atoms with E-state index >= 15 is 0 Å². The zero-order valence-corrected chi connectivity index (χ0v) is 17.2. The van der Waals surface area contributed by atoms with Gasteiger partial charge in [-0.15, -0.1) is 24.0 Å². The Balaban J connectivity index is 0.00000312. The lowest BCUT2D eigenvalue weighted by Crippen LogP contribution is -2.36. The minimum atomic E-state index is 0. The molecule has 0 saturated carbocycles. The minimum absolute atomic E-state index is 0. The topological polar surface area (TPSA) is 54.9 Å². The summed E-state index contributed by atoms with van der Waals surface area (Å²) in [4.78, 5) is 4.26. The Labute approximate surface area is 166 Å². The molecule has 0 fully saturated rings. The van der Waals surface area contributed by atoms with Gasteiger partial charge >= 0.3 is 0 Å².